The summed E-state index contributed by atoms with van der Waals surface area (Å²) >= 11 is 7.58. The zero-order valence-corrected chi connectivity index (χ0v) is 21.5. The first kappa shape index (κ1) is 27.3. The highest BCUT2D eigenvalue weighted by Crippen LogP contribution is 2.37. The van der Waals surface area contributed by atoms with E-state index in [0.717, 1.165) is 23.9 Å². The topological polar surface area (TPSA) is 77.9 Å². The Morgan fingerprint density at radius 2 is 1.86 bits per heavy atom. The third kappa shape index (κ3) is 6.21. The highest BCUT2D eigenvalue weighted by atomic mass is 32.2. The van der Waals surface area contributed by atoms with Crippen molar-refractivity contribution in [2.75, 3.05) is 19.6 Å². The zero-order chi connectivity index (χ0) is 26.9. The second kappa shape index (κ2) is 10.9. The van der Waals surface area contributed by atoms with Crippen LogP contribution in [0.3, 0.4) is 0 Å². The molecule has 0 radical (unpaired) electrons. The summed E-state index contributed by atoms with van der Waals surface area (Å²) in [5.41, 5.74) is -0.697. The van der Waals surface area contributed by atoms with Crippen molar-refractivity contribution in [3.63, 3.8) is 0 Å². The van der Waals surface area contributed by atoms with Crippen molar-refractivity contribution in [2.24, 2.45) is 5.92 Å². The molecule has 37 heavy (non-hydrogen) atoms. The third-order valence-electron chi connectivity index (χ3n) is 6.12. The molecule has 0 bridgehead atoms. The van der Waals surface area contributed by atoms with E-state index < -0.39 is 29.4 Å². The Morgan fingerprint density at radius 3 is 2.51 bits per heavy atom. The maximum absolute atomic E-state index is 13.6. The molecule has 0 spiro atoms. The van der Waals surface area contributed by atoms with Gasteiger partial charge in [-0.15, -0.1) is 11.3 Å². The number of nitrogens with zero attached hydrogens (tertiary/aromatic N) is 2. The molecular formula is C24H20F4N2O4S3. The number of alkyl halides is 3. The number of hydrogen-bond acceptors (Lipinski definition) is 6. The van der Waals surface area contributed by atoms with Crippen LogP contribution in [-0.2, 0) is 20.6 Å². The van der Waals surface area contributed by atoms with Crippen LogP contribution in [-0.4, -0.2) is 56.6 Å². The van der Waals surface area contributed by atoms with Crippen molar-refractivity contribution in [1.82, 2.24) is 9.80 Å². The quantitative estimate of drug-likeness (QED) is 0.280. The van der Waals surface area contributed by atoms with Gasteiger partial charge in [-0.25, -0.2) is 4.39 Å². The van der Waals surface area contributed by atoms with E-state index in [9.17, 15) is 31.9 Å². The Hall–Kier alpha value is -2.77. The number of rotatable bonds is 6. The number of carbonyl (C=O) groups excluding carboxylic acids is 2. The first-order chi connectivity index (χ1) is 17.4. The number of aliphatic carboxylic acids is 1. The van der Waals surface area contributed by atoms with Gasteiger partial charge in [0.05, 0.1) is 16.4 Å². The Labute approximate surface area is 222 Å². The lowest BCUT2D eigenvalue weighted by Crippen LogP contribution is -2.41. The van der Waals surface area contributed by atoms with Crippen molar-refractivity contribution in [1.29, 1.82) is 0 Å². The van der Waals surface area contributed by atoms with Crippen LogP contribution < -0.4 is 0 Å². The van der Waals surface area contributed by atoms with E-state index in [2.05, 4.69) is 0 Å². The van der Waals surface area contributed by atoms with E-state index >= 15 is 0 Å². The zero-order valence-electron chi connectivity index (χ0n) is 19.1. The molecule has 1 aromatic heterocycles. The standard InChI is InChI=1S/C24H20F4N2O4S3/c25-18-2-1-14(10-17(18)24(26,27)28)15-9-16(36-12-15)11-19-21(32)30(23(35)37-19)8-5-20(31)29-6-3-13(4-7-29)22(33)34/h1-2,9-13H,3-8H2,(H,33,34). The summed E-state index contributed by atoms with van der Waals surface area (Å²) < 4.78 is 53.0. The van der Waals surface area contributed by atoms with Crippen molar-refractivity contribution in [2.45, 2.75) is 25.4 Å². The molecule has 2 amide bonds. The molecule has 2 aliphatic rings. The lowest BCUT2D eigenvalue weighted by Gasteiger charge is -2.30. The number of carboxylic acids is 1. The first-order valence-corrected chi connectivity index (χ1v) is 13.3. The number of likely N-dealkylation sites (tertiary alicyclic amines) is 1. The maximum atomic E-state index is 13.6. The van der Waals surface area contributed by atoms with Crippen LogP contribution in [0.4, 0.5) is 17.6 Å². The summed E-state index contributed by atoms with van der Waals surface area (Å²) in [6.45, 7) is 0.797. The van der Waals surface area contributed by atoms with Gasteiger partial charge in [0.1, 0.15) is 10.1 Å². The molecule has 3 heterocycles. The smallest absolute Gasteiger partial charge is 0.419 e. The number of thiocarbonyl (C=S) groups is 1. The molecule has 4 rings (SSSR count). The normalized spacial score (nSPS) is 18.2. The molecule has 13 heteroatoms. The summed E-state index contributed by atoms with van der Waals surface area (Å²) in [7, 11) is 0. The van der Waals surface area contributed by atoms with Crippen LogP contribution in [0.1, 0.15) is 29.7 Å². The lowest BCUT2D eigenvalue weighted by molar-refractivity contribution is -0.145. The van der Waals surface area contributed by atoms with Gasteiger partial charge in [0.15, 0.2) is 0 Å². The molecule has 6 nitrogen and oxygen atoms in total. The van der Waals surface area contributed by atoms with Crippen LogP contribution in [0.2, 0.25) is 0 Å². The van der Waals surface area contributed by atoms with Crippen molar-refractivity contribution in [3.05, 3.63) is 50.8 Å². The van der Waals surface area contributed by atoms with Crippen molar-refractivity contribution < 1.29 is 37.1 Å². The van der Waals surface area contributed by atoms with Crippen LogP contribution >= 0.6 is 35.3 Å². The van der Waals surface area contributed by atoms with Gasteiger partial charge in [0.25, 0.3) is 5.91 Å². The molecule has 0 aliphatic carbocycles. The van der Waals surface area contributed by atoms with Gasteiger partial charge in [-0.2, -0.15) is 13.2 Å². The molecule has 0 saturated carbocycles. The second-order valence-electron chi connectivity index (χ2n) is 8.51. The minimum Gasteiger partial charge on any atom is -0.481 e. The summed E-state index contributed by atoms with van der Waals surface area (Å²) in [4.78, 5) is 40.4. The van der Waals surface area contributed by atoms with E-state index in [1.807, 2.05) is 0 Å². The third-order valence-corrected chi connectivity index (χ3v) is 8.38. The molecule has 2 saturated heterocycles. The average Bonchev–Trinajstić information content (AvgIpc) is 3.41. The summed E-state index contributed by atoms with van der Waals surface area (Å²) in [5, 5.41) is 10.7. The SMILES string of the molecule is O=C(O)C1CCN(C(=O)CCN2C(=O)C(=Cc3cc(-c4ccc(F)c(C(F)(F)F)c4)cs3)SC2=S)CC1. The Balaban J connectivity index is 1.39. The number of benzene rings is 1. The van der Waals surface area contributed by atoms with E-state index in [1.54, 1.807) is 22.4 Å². The number of piperidine rings is 1. The van der Waals surface area contributed by atoms with Gasteiger partial charge in [-0.3, -0.25) is 19.3 Å². The van der Waals surface area contributed by atoms with Gasteiger partial charge < -0.3 is 10.0 Å². The molecule has 2 aromatic rings. The number of carbonyl (C=O) groups is 3. The van der Waals surface area contributed by atoms with Crippen molar-refractivity contribution >= 4 is 63.5 Å². The number of hydrogen-bond donors (Lipinski definition) is 1. The van der Waals surface area contributed by atoms with Crippen LogP contribution in [0.15, 0.2) is 34.6 Å². The Morgan fingerprint density at radius 1 is 1.16 bits per heavy atom. The number of halogens is 4. The minimum absolute atomic E-state index is 0.0483. The summed E-state index contributed by atoms with van der Waals surface area (Å²) in [5.74, 6) is -3.21. The van der Waals surface area contributed by atoms with Gasteiger partial charge in [-0.1, -0.05) is 30.0 Å². The van der Waals surface area contributed by atoms with E-state index in [1.165, 1.54) is 22.3 Å². The van der Waals surface area contributed by atoms with Gasteiger partial charge in [0.2, 0.25) is 5.91 Å². The fourth-order valence-corrected chi connectivity index (χ4v) is 6.29. The lowest BCUT2D eigenvalue weighted by atomic mass is 9.97. The number of thioether (sulfide) groups is 1. The van der Waals surface area contributed by atoms with Gasteiger partial charge in [-0.05, 0) is 53.6 Å². The monoisotopic (exact) mass is 572 g/mol. The molecule has 0 atom stereocenters. The largest absolute Gasteiger partial charge is 0.481 e. The van der Waals surface area contributed by atoms with Crippen LogP contribution in [0, 0.1) is 11.7 Å². The van der Waals surface area contributed by atoms with E-state index in [4.69, 9.17) is 17.3 Å². The maximum Gasteiger partial charge on any atom is 0.419 e. The molecular weight excluding hydrogens is 552 g/mol. The fourth-order valence-electron chi connectivity index (χ4n) is 4.07. The van der Waals surface area contributed by atoms with E-state index in [-0.39, 0.29) is 30.3 Å². The fraction of sp³-hybridized carbons (Fsp3) is 0.333. The average molecular weight is 573 g/mol. The van der Waals surface area contributed by atoms with E-state index in [0.29, 0.717) is 45.6 Å². The number of amides is 2. The molecule has 0 unspecified atom stereocenters. The van der Waals surface area contributed by atoms with Gasteiger partial charge in [0, 0.05) is 30.9 Å². The molecule has 1 aromatic carbocycles. The molecule has 2 aliphatic heterocycles. The minimum atomic E-state index is -4.82. The second-order valence-corrected chi connectivity index (χ2v) is 11.1. The van der Waals surface area contributed by atoms with Gasteiger partial charge >= 0.3 is 12.1 Å². The molecule has 2 fully saturated rings. The Kier molecular flexibility index (Phi) is 8.05. The Bertz CT molecular complexity index is 1280. The molecule has 1 N–H and O–H groups in total. The predicted octanol–water partition coefficient (Wildman–Crippen LogP) is 5.49. The van der Waals surface area contributed by atoms with Crippen LogP contribution in [0.25, 0.3) is 17.2 Å². The predicted molar refractivity (Wildman–Crippen MR) is 136 cm³/mol. The summed E-state index contributed by atoms with van der Waals surface area (Å²) in [6, 6.07) is 4.39. The highest BCUT2D eigenvalue weighted by molar-refractivity contribution is 8.26. The summed E-state index contributed by atoms with van der Waals surface area (Å²) in [6.07, 6.45) is -2.40. The van der Waals surface area contributed by atoms with Crippen LogP contribution in [0.5, 0.6) is 0 Å². The highest BCUT2D eigenvalue weighted by Gasteiger charge is 2.35. The molecule has 196 valence electrons. The number of carboxylic acid groups (broad SMARTS) is 1. The van der Waals surface area contributed by atoms with Crippen molar-refractivity contribution in [3.8, 4) is 11.1 Å². The number of thiophene rings is 1. The first-order valence-electron chi connectivity index (χ1n) is 11.2.